The fraction of sp³-hybridized carbons (Fsp3) is 0.333. The minimum absolute atomic E-state index is 0.296. The molecule has 1 aromatic heterocycles. The first kappa shape index (κ1) is 17.1. The molecule has 1 aliphatic heterocycles. The predicted octanol–water partition coefficient (Wildman–Crippen LogP) is 5.02. The second-order valence-electron chi connectivity index (χ2n) is 5.88. The van der Waals surface area contributed by atoms with Crippen molar-refractivity contribution < 1.29 is 4.79 Å². The van der Waals surface area contributed by atoms with Gasteiger partial charge in [0, 0.05) is 30.0 Å². The number of anilines is 2. The SMILES string of the molecule is O=C(Nc1cc(Cl)ccc1Cl)c1cc(N2CCCCCC2)ccn1. The van der Waals surface area contributed by atoms with Gasteiger partial charge in [-0.2, -0.15) is 0 Å². The van der Waals surface area contributed by atoms with E-state index in [2.05, 4.69) is 15.2 Å². The number of aromatic nitrogens is 1. The first-order valence-electron chi connectivity index (χ1n) is 8.11. The number of nitrogens with zero attached hydrogens (tertiary/aromatic N) is 2. The highest BCUT2D eigenvalue weighted by atomic mass is 35.5. The first-order chi connectivity index (χ1) is 11.6. The lowest BCUT2D eigenvalue weighted by atomic mass is 10.2. The van der Waals surface area contributed by atoms with Gasteiger partial charge in [0.2, 0.25) is 0 Å². The van der Waals surface area contributed by atoms with Crippen molar-refractivity contribution in [3.05, 3.63) is 52.3 Å². The number of hydrogen-bond acceptors (Lipinski definition) is 3. The monoisotopic (exact) mass is 363 g/mol. The zero-order valence-electron chi connectivity index (χ0n) is 13.3. The number of amides is 1. The Kier molecular flexibility index (Phi) is 5.59. The van der Waals surface area contributed by atoms with E-state index in [0.717, 1.165) is 18.8 Å². The first-order valence-corrected chi connectivity index (χ1v) is 8.86. The van der Waals surface area contributed by atoms with Crippen molar-refractivity contribution >= 4 is 40.5 Å². The molecule has 0 unspecified atom stereocenters. The molecule has 1 saturated heterocycles. The lowest BCUT2D eigenvalue weighted by Gasteiger charge is -2.22. The molecule has 1 aliphatic rings. The van der Waals surface area contributed by atoms with Crippen LogP contribution in [0.25, 0.3) is 0 Å². The molecule has 1 aromatic carbocycles. The molecular formula is C18H19Cl2N3O. The van der Waals surface area contributed by atoms with E-state index in [4.69, 9.17) is 23.2 Å². The van der Waals surface area contributed by atoms with E-state index in [0.29, 0.717) is 21.4 Å². The highest BCUT2D eigenvalue weighted by Crippen LogP contribution is 2.26. The van der Waals surface area contributed by atoms with Gasteiger partial charge in [-0.25, -0.2) is 0 Å². The van der Waals surface area contributed by atoms with E-state index in [1.807, 2.05) is 12.1 Å². The van der Waals surface area contributed by atoms with Crippen LogP contribution in [0, 0.1) is 0 Å². The van der Waals surface area contributed by atoms with Crippen molar-refractivity contribution in [2.45, 2.75) is 25.7 Å². The van der Waals surface area contributed by atoms with Gasteiger partial charge in [0.15, 0.2) is 0 Å². The molecule has 1 fully saturated rings. The van der Waals surface area contributed by atoms with Crippen LogP contribution in [-0.4, -0.2) is 24.0 Å². The van der Waals surface area contributed by atoms with Gasteiger partial charge in [-0.1, -0.05) is 36.0 Å². The summed E-state index contributed by atoms with van der Waals surface area (Å²) in [5, 5.41) is 3.73. The van der Waals surface area contributed by atoms with Crippen molar-refractivity contribution in [2.24, 2.45) is 0 Å². The maximum atomic E-state index is 12.5. The van der Waals surface area contributed by atoms with Crippen LogP contribution in [0.1, 0.15) is 36.2 Å². The number of carbonyl (C=O) groups excluding carboxylic acids is 1. The summed E-state index contributed by atoms with van der Waals surface area (Å²) in [6.07, 6.45) is 6.57. The van der Waals surface area contributed by atoms with Gasteiger partial charge in [-0.05, 0) is 43.2 Å². The quantitative estimate of drug-likeness (QED) is 0.832. The van der Waals surface area contributed by atoms with Crippen LogP contribution in [0.15, 0.2) is 36.5 Å². The highest BCUT2D eigenvalue weighted by Gasteiger charge is 2.14. The Balaban J connectivity index is 1.77. The third-order valence-corrected chi connectivity index (χ3v) is 4.69. The fourth-order valence-corrected chi connectivity index (χ4v) is 3.19. The zero-order chi connectivity index (χ0) is 16.9. The molecule has 0 bridgehead atoms. The maximum absolute atomic E-state index is 12.5. The molecule has 2 aromatic rings. The Morgan fingerprint density at radius 1 is 1.04 bits per heavy atom. The third-order valence-electron chi connectivity index (χ3n) is 4.12. The van der Waals surface area contributed by atoms with E-state index in [9.17, 15) is 4.79 Å². The van der Waals surface area contributed by atoms with Gasteiger partial charge in [0.1, 0.15) is 5.69 Å². The molecule has 24 heavy (non-hydrogen) atoms. The fourth-order valence-electron chi connectivity index (χ4n) is 2.85. The van der Waals surface area contributed by atoms with Crippen LogP contribution in [0.2, 0.25) is 10.0 Å². The van der Waals surface area contributed by atoms with Crippen molar-refractivity contribution in [3.63, 3.8) is 0 Å². The Morgan fingerprint density at radius 3 is 2.54 bits per heavy atom. The Bertz CT molecular complexity index is 728. The third kappa shape index (κ3) is 4.19. The van der Waals surface area contributed by atoms with Gasteiger partial charge < -0.3 is 10.2 Å². The lowest BCUT2D eigenvalue weighted by Crippen LogP contribution is -2.24. The Labute approximate surface area is 151 Å². The molecule has 3 rings (SSSR count). The molecule has 6 heteroatoms. The largest absolute Gasteiger partial charge is 0.371 e. The lowest BCUT2D eigenvalue weighted by molar-refractivity contribution is 0.102. The molecule has 1 amide bonds. The van der Waals surface area contributed by atoms with Crippen molar-refractivity contribution in [3.8, 4) is 0 Å². The zero-order valence-corrected chi connectivity index (χ0v) is 14.8. The van der Waals surface area contributed by atoms with Gasteiger partial charge >= 0.3 is 0 Å². The van der Waals surface area contributed by atoms with Gasteiger partial charge in [0.05, 0.1) is 10.7 Å². The van der Waals surface area contributed by atoms with Crippen LogP contribution >= 0.6 is 23.2 Å². The molecule has 0 radical (unpaired) electrons. The number of hydrogen-bond donors (Lipinski definition) is 1. The average molecular weight is 364 g/mol. The molecule has 2 heterocycles. The van der Waals surface area contributed by atoms with E-state index in [1.54, 1.807) is 24.4 Å². The van der Waals surface area contributed by atoms with Crippen LogP contribution in [0.5, 0.6) is 0 Å². The molecule has 4 nitrogen and oxygen atoms in total. The summed E-state index contributed by atoms with van der Waals surface area (Å²) in [4.78, 5) is 19.0. The summed E-state index contributed by atoms with van der Waals surface area (Å²) in [6.45, 7) is 2.04. The van der Waals surface area contributed by atoms with Crippen LogP contribution in [0.3, 0.4) is 0 Å². The summed E-state index contributed by atoms with van der Waals surface area (Å²) in [5.41, 5.74) is 1.89. The summed E-state index contributed by atoms with van der Waals surface area (Å²) in [7, 11) is 0. The van der Waals surface area contributed by atoms with Crippen LogP contribution in [-0.2, 0) is 0 Å². The maximum Gasteiger partial charge on any atom is 0.274 e. The predicted molar refractivity (Wildman–Crippen MR) is 99.3 cm³/mol. The Morgan fingerprint density at radius 2 is 1.79 bits per heavy atom. The number of nitrogens with one attached hydrogen (secondary N) is 1. The van der Waals surface area contributed by atoms with Gasteiger partial charge in [0.25, 0.3) is 5.91 Å². The molecule has 0 aliphatic carbocycles. The standard InChI is InChI=1S/C18H19Cl2N3O/c19-13-5-6-15(20)16(11-13)22-18(24)17-12-14(7-8-21-17)23-9-3-1-2-4-10-23/h5-8,11-12H,1-4,9-10H2,(H,22,24). The van der Waals surface area contributed by atoms with E-state index >= 15 is 0 Å². The van der Waals surface area contributed by atoms with Crippen LogP contribution in [0.4, 0.5) is 11.4 Å². The van der Waals surface area contributed by atoms with Crippen molar-refractivity contribution in [1.82, 2.24) is 4.98 Å². The minimum Gasteiger partial charge on any atom is -0.371 e. The second kappa shape index (κ2) is 7.86. The number of benzene rings is 1. The minimum atomic E-state index is -0.296. The van der Waals surface area contributed by atoms with Gasteiger partial charge in [-0.15, -0.1) is 0 Å². The number of rotatable bonds is 3. The van der Waals surface area contributed by atoms with Crippen LogP contribution < -0.4 is 10.2 Å². The number of carbonyl (C=O) groups is 1. The summed E-state index contributed by atoms with van der Waals surface area (Å²) in [5.74, 6) is -0.296. The highest BCUT2D eigenvalue weighted by molar-refractivity contribution is 6.35. The summed E-state index contributed by atoms with van der Waals surface area (Å²) >= 11 is 12.1. The summed E-state index contributed by atoms with van der Waals surface area (Å²) < 4.78 is 0. The second-order valence-corrected chi connectivity index (χ2v) is 6.72. The number of halogens is 2. The van der Waals surface area contributed by atoms with E-state index < -0.39 is 0 Å². The smallest absolute Gasteiger partial charge is 0.274 e. The molecule has 0 spiro atoms. The van der Waals surface area contributed by atoms with E-state index in [-0.39, 0.29) is 5.91 Å². The van der Waals surface area contributed by atoms with Crippen molar-refractivity contribution in [1.29, 1.82) is 0 Å². The molecule has 0 atom stereocenters. The molecule has 126 valence electrons. The Hall–Kier alpha value is -1.78. The molecule has 1 N–H and O–H groups in total. The van der Waals surface area contributed by atoms with Gasteiger partial charge in [-0.3, -0.25) is 9.78 Å². The van der Waals surface area contributed by atoms with Crippen molar-refractivity contribution in [2.75, 3.05) is 23.3 Å². The molecule has 0 saturated carbocycles. The normalized spacial score (nSPS) is 15.0. The number of pyridine rings is 1. The topological polar surface area (TPSA) is 45.2 Å². The summed E-state index contributed by atoms with van der Waals surface area (Å²) in [6, 6.07) is 8.74. The average Bonchev–Trinajstić information content (AvgIpc) is 2.87. The molecular weight excluding hydrogens is 345 g/mol. The van der Waals surface area contributed by atoms with E-state index in [1.165, 1.54) is 25.7 Å².